The van der Waals surface area contributed by atoms with Gasteiger partial charge in [-0.05, 0) is 42.5 Å². The molecular formula is C23H13BrClN3O2. The lowest BCUT2D eigenvalue weighted by atomic mass is 10.2. The van der Waals surface area contributed by atoms with Crippen LogP contribution in [-0.4, -0.2) is 15.9 Å². The van der Waals surface area contributed by atoms with Crippen LogP contribution < -0.4 is 5.56 Å². The van der Waals surface area contributed by atoms with Gasteiger partial charge in [0, 0.05) is 20.4 Å². The van der Waals surface area contributed by atoms with Gasteiger partial charge in [-0.1, -0.05) is 57.9 Å². The molecule has 3 aromatic carbocycles. The summed E-state index contributed by atoms with van der Waals surface area (Å²) < 4.78 is 8.10. The van der Waals surface area contributed by atoms with Crippen molar-refractivity contribution in [2.45, 2.75) is 0 Å². The summed E-state index contributed by atoms with van der Waals surface area (Å²) in [5, 5.41) is 6.35. The minimum absolute atomic E-state index is 0.280. The molecule has 2 heterocycles. The van der Waals surface area contributed by atoms with Gasteiger partial charge in [-0.2, -0.15) is 9.78 Å². The second-order valence-corrected chi connectivity index (χ2v) is 7.92. The number of nitrogens with zero attached hydrogens (tertiary/aromatic N) is 3. The van der Waals surface area contributed by atoms with Crippen molar-refractivity contribution in [3.05, 3.63) is 98.2 Å². The first-order chi connectivity index (χ1) is 14.6. The van der Waals surface area contributed by atoms with E-state index in [1.807, 2.05) is 36.4 Å². The average molecular weight is 479 g/mol. The van der Waals surface area contributed by atoms with E-state index in [4.69, 9.17) is 16.0 Å². The summed E-state index contributed by atoms with van der Waals surface area (Å²) >= 11 is 9.60. The summed E-state index contributed by atoms with van der Waals surface area (Å²) in [4.78, 5) is 17.9. The van der Waals surface area contributed by atoms with Gasteiger partial charge in [-0.15, -0.1) is 0 Å². The highest BCUT2D eigenvalue weighted by molar-refractivity contribution is 9.10. The molecule has 0 bridgehead atoms. The van der Waals surface area contributed by atoms with E-state index in [-0.39, 0.29) is 5.56 Å². The van der Waals surface area contributed by atoms with Gasteiger partial charge >= 0.3 is 0 Å². The minimum atomic E-state index is -0.280. The summed E-state index contributed by atoms with van der Waals surface area (Å²) in [5.41, 5.74) is 1.78. The first-order valence-corrected chi connectivity index (χ1v) is 10.3. The molecule has 0 saturated heterocycles. The van der Waals surface area contributed by atoms with Crippen LogP contribution in [0.4, 0.5) is 0 Å². The van der Waals surface area contributed by atoms with Crippen molar-refractivity contribution in [3.63, 3.8) is 0 Å². The Hall–Kier alpha value is -3.22. The molecule has 7 heteroatoms. The van der Waals surface area contributed by atoms with Gasteiger partial charge in [0.1, 0.15) is 5.58 Å². The van der Waals surface area contributed by atoms with Crippen LogP contribution in [0.3, 0.4) is 0 Å². The zero-order valence-corrected chi connectivity index (χ0v) is 17.8. The van der Waals surface area contributed by atoms with Crippen molar-refractivity contribution in [1.29, 1.82) is 0 Å². The number of furan rings is 1. The van der Waals surface area contributed by atoms with Crippen molar-refractivity contribution < 1.29 is 4.42 Å². The Morgan fingerprint density at radius 1 is 1.03 bits per heavy atom. The molecule has 0 aliphatic heterocycles. The number of benzene rings is 3. The van der Waals surface area contributed by atoms with Gasteiger partial charge in [-0.3, -0.25) is 4.79 Å². The Morgan fingerprint density at radius 3 is 2.70 bits per heavy atom. The summed E-state index contributed by atoms with van der Waals surface area (Å²) in [6.07, 6.45) is 1.62. The Balaban J connectivity index is 1.76. The first-order valence-electron chi connectivity index (χ1n) is 9.10. The Labute approximate surface area is 184 Å². The molecule has 5 nitrogen and oxygen atoms in total. The van der Waals surface area contributed by atoms with Crippen LogP contribution in [0.15, 0.2) is 91.6 Å². The maximum Gasteiger partial charge on any atom is 0.282 e. The molecule has 0 unspecified atom stereocenters. The zero-order chi connectivity index (χ0) is 20.7. The van der Waals surface area contributed by atoms with E-state index >= 15 is 0 Å². The van der Waals surface area contributed by atoms with E-state index in [1.165, 1.54) is 4.68 Å². The molecule has 30 heavy (non-hydrogen) atoms. The standard InChI is InChI=1S/C23H13BrClN3O2/c24-18-7-3-1-5-14(18)13-26-28-22(27-19-8-4-2-6-17(19)23(28)29)21-12-15-11-16(25)9-10-20(15)30-21/h1-13H. The third kappa shape index (κ3) is 3.34. The lowest BCUT2D eigenvalue weighted by molar-refractivity contribution is 0.616. The topological polar surface area (TPSA) is 60.4 Å². The predicted molar refractivity (Wildman–Crippen MR) is 123 cm³/mol. The van der Waals surface area contributed by atoms with E-state index in [1.54, 1.807) is 42.6 Å². The summed E-state index contributed by atoms with van der Waals surface area (Å²) in [6.45, 7) is 0. The third-order valence-corrected chi connectivity index (χ3v) is 5.63. The van der Waals surface area contributed by atoms with E-state index < -0.39 is 0 Å². The van der Waals surface area contributed by atoms with Gasteiger partial charge in [0.05, 0.1) is 17.1 Å². The molecule has 2 aromatic heterocycles. The maximum absolute atomic E-state index is 13.2. The van der Waals surface area contributed by atoms with Gasteiger partial charge in [0.15, 0.2) is 5.76 Å². The van der Waals surface area contributed by atoms with Crippen LogP contribution >= 0.6 is 27.5 Å². The van der Waals surface area contributed by atoms with E-state index in [2.05, 4.69) is 26.0 Å². The van der Waals surface area contributed by atoms with Crippen LogP contribution in [0.5, 0.6) is 0 Å². The molecule has 0 atom stereocenters. The molecule has 0 N–H and O–H groups in total. The van der Waals surface area contributed by atoms with Crippen LogP contribution in [0.25, 0.3) is 33.5 Å². The fourth-order valence-corrected chi connectivity index (χ4v) is 3.78. The minimum Gasteiger partial charge on any atom is -0.453 e. The highest BCUT2D eigenvalue weighted by atomic mass is 79.9. The first kappa shape index (κ1) is 18.8. The Bertz CT molecular complexity index is 1500. The number of hydrogen-bond donors (Lipinski definition) is 0. The van der Waals surface area contributed by atoms with Gasteiger partial charge in [-0.25, -0.2) is 4.98 Å². The van der Waals surface area contributed by atoms with Crippen molar-refractivity contribution in [2.24, 2.45) is 5.10 Å². The number of para-hydroxylation sites is 1. The van der Waals surface area contributed by atoms with Gasteiger partial charge in [0.25, 0.3) is 5.56 Å². The highest BCUT2D eigenvalue weighted by Gasteiger charge is 2.16. The SMILES string of the molecule is O=c1c2ccccc2nc(-c2cc3cc(Cl)ccc3o2)n1N=Cc1ccccc1Br. The second-order valence-electron chi connectivity index (χ2n) is 6.63. The van der Waals surface area contributed by atoms with Crippen molar-refractivity contribution in [3.8, 4) is 11.6 Å². The third-order valence-electron chi connectivity index (χ3n) is 4.67. The molecule has 5 aromatic rings. The van der Waals surface area contributed by atoms with Crippen LogP contribution in [0, 0.1) is 0 Å². The molecular weight excluding hydrogens is 466 g/mol. The van der Waals surface area contributed by atoms with Gasteiger partial charge < -0.3 is 4.42 Å². The highest BCUT2D eigenvalue weighted by Crippen LogP contribution is 2.29. The quantitative estimate of drug-likeness (QED) is 0.294. The predicted octanol–water partition coefficient (Wildman–Crippen LogP) is 6.11. The molecule has 0 aliphatic rings. The van der Waals surface area contributed by atoms with Crippen molar-refractivity contribution >= 4 is 55.6 Å². The molecule has 5 rings (SSSR count). The largest absolute Gasteiger partial charge is 0.453 e. The fraction of sp³-hybridized carbons (Fsp3) is 0. The van der Waals surface area contributed by atoms with Crippen molar-refractivity contribution in [1.82, 2.24) is 9.66 Å². The summed E-state index contributed by atoms with van der Waals surface area (Å²) in [6, 6.07) is 21.9. The maximum atomic E-state index is 13.2. The van der Waals surface area contributed by atoms with Crippen LogP contribution in [-0.2, 0) is 0 Å². The van der Waals surface area contributed by atoms with Crippen LogP contribution in [0.2, 0.25) is 5.02 Å². The van der Waals surface area contributed by atoms with E-state index in [0.29, 0.717) is 33.1 Å². The number of fused-ring (bicyclic) bond motifs is 2. The van der Waals surface area contributed by atoms with Crippen LogP contribution in [0.1, 0.15) is 5.56 Å². The molecule has 0 spiro atoms. The molecule has 0 aliphatic carbocycles. The summed E-state index contributed by atoms with van der Waals surface area (Å²) in [7, 11) is 0. The molecule has 0 amide bonds. The Kier molecular flexibility index (Phi) is 4.73. The molecule has 0 radical (unpaired) electrons. The number of aromatic nitrogens is 2. The number of hydrogen-bond acceptors (Lipinski definition) is 4. The lowest BCUT2D eigenvalue weighted by Gasteiger charge is -2.07. The average Bonchev–Trinajstić information content (AvgIpc) is 3.17. The lowest BCUT2D eigenvalue weighted by Crippen LogP contribution is -2.20. The van der Waals surface area contributed by atoms with Gasteiger partial charge in [0.2, 0.25) is 5.82 Å². The zero-order valence-electron chi connectivity index (χ0n) is 15.4. The van der Waals surface area contributed by atoms with E-state index in [0.717, 1.165) is 15.4 Å². The smallest absolute Gasteiger partial charge is 0.282 e. The summed E-state index contributed by atoms with van der Waals surface area (Å²) in [5.74, 6) is 0.744. The van der Waals surface area contributed by atoms with Crippen molar-refractivity contribution in [2.75, 3.05) is 0 Å². The monoisotopic (exact) mass is 477 g/mol. The fourth-order valence-electron chi connectivity index (χ4n) is 3.21. The number of halogens is 2. The Morgan fingerprint density at radius 2 is 1.83 bits per heavy atom. The second kappa shape index (κ2) is 7.55. The molecule has 146 valence electrons. The normalized spacial score (nSPS) is 11.7. The number of rotatable bonds is 3. The van der Waals surface area contributed by atoms with E-state index in [9.17, 15) is 4.79 Å². The molecule has 0 fully saturated rings. The molecule has 0 saturated carbocycles.